The van der Waals surface area contributed by atoms with Gasteiger partial charge in [0.05, 0.1) is 5.38 Å². The van der Waals surface area contributed by atoms with Crippen LogP contribution in [0.1, 0.15) is 22.4 Å². The standard InChI is InChI=1S/C20H20ClN/c1-22-14-19(20(21)16-8-3-2-4-9-16)18-12-11-15-7-5-6-10-17(15)13-18/h2-13,19-20,22H,14H2,1H3/t19-,20-/m1/s1. The van der Waals surface area contributed by atoms with Crippen LogP contribution in [-0.2, 0) is 0 Å². The molecule has 112 valence electrons. The van der Waals surface area contributed by atoms with Gasteiger partial charge < -0.3 is 5.32 Å². The Morgan fingerprint density at radius 2 is 1.50 bits per heavy atom. The Hall–Kier alpha value is -1.83. The molecule has 2 atom stereocenters. The van der Waals surface area contributed by atoms with Crippen LogP contribution in [0.15, 0.2) is 72.8 Å². The topological polar surface area (TPSA) is 12.0 Å². The van der Waals surface area contributed by atoms with Gasteiger partial charge in [0.2, 0.25) is 0 Å². The van der Waals surface area contributed by atoms with E-state index in [0.717, 1.165) is 12.1 Å². The molecular weight excluding hydrogens is 290 g/mol. The smallest absolute Gasteiger partial charge is 0.0665 e. The highest BCUT2D eigenvalue weighted by Crippen LogP contribution is 2.36. The molecule has 1 N–H and O–H groups in total. The molecule has 3 aromatic rings. The number of rotatable bonds is 5. The molecule has 0 aromatic heterocycles. The zero-order valence-electron chi connectivity index (χ0n) is 12.7. The molecule has 3 aromatic carbocycles. The Balaban J connectivity index is 1.98. The van der Waals surface area contributed by atoms with Crippen LogP contribution in [0.25, 0.3) is 10.8 Å². The van der Waals surface area contributed by atoms with Crippen LogP contribution in [0.5, 0.6) is 0 Å². The molecule has 0 amide bonds. The Labute approximate surface area is 136 Å². The fraction of sp³-hybridized carbons (Fsp3) is 0.200. The molecule has 0 saturated carbocycles. The van der Waals surface area contributed by atoms with Gasteiger partial charge in [0.25, 0.3) is 0 Å². The second-order valence-corrected chi connectivity index (χ2v) is 6.05. The van der Waals surface area contributed by atoms with E-state index in [2.05, 4.69) is 59.9 Å². The summed E-state index contributed by atoms with van der Waals surface area (Å²) in [6.07, 6.45) is 0. The first-order valence-corrected chi connectivity index (χ1v) is 8.05. The first kappa shape index (κ1) is 15.1. The Morgan fingerprint density at radius 1 is 0.818 bits per heavy atom. The number of likely N-dealkylation sites (N-methyl/N-ethyl adjacent to an activating group) is 1. The van der Waals surface area contributed by atoms with Gasteiger partial charge in [-0.05, 0) is 28.9 Å². The summed E-state index contributed by atoms with van der Waals surface area (Å²) in [5.41, 5.74) is 2.44. The summed E-state index contributed by atoms with van der Waals surface area (Å²) < 4.78 is 0. The summed E-state index contributed by atoms with van der Waals surface area (Å²) in [5, 5.41) is 5.76. The second-order valence-electron chi connectivity index (χ2n) is 5.58. The van der Waals surface area contributed by atoms with Crippen molar-refractivity contribution in [1.82, 2.24) is 5.32 Å². The number of hydrogen-bond donors (Lipinski definition) is 1. The lowest BCUT2D eigenvalue weighted by Crippen LogP contribution is -2.21. The molecule has 3 rings (SSSR count). The lowest BCUT2D eigenvalue weighted by atomic mass is 9.90. The molecule has 0 unspecified atom stereocenters. The van der Waals surface area contributed by atoms with E-state index < -0.39 is 0 Å². The van der Waals surface area contributed by atoms with E-state index in [1.807, 2.05) is 25.2 Å². The van der Waals surface area contributed by atoms with E-state index in [4.69, 9.17) is 11.6 Å². The lowest BCUT2D eigenvalue weighted by Gasteiger charge is -2.23. The van der Waals surface area contributed by atoms with Crippen LogP contribution in [0.4, 0.5) is 0 Å². The number of hydrogen-bond acceptors (Lipinski definition) is 1. The monoisotopic (exact) mass is 309 g/mol. The molecule has 0 saturated heterocycles. The highest BCUT2D eigenvalue weighted by Gasteiger charge is 2.22. The number of alkyl halides is 1. The van der Waals surface area contributed by atoms with Crippen LogP contribution in [0.3, 0.4) is 0 Å². The normalized spacial score (nSPS) is 13.9. The molecule has 0 aliphatic rings. The van der Waals surface area contributed by atoms with Crippen molar-refractivity contribution in [2.75, 3.05) is 13.6 Å². The number of benzene rings is 3. The first-order valence-electron chi connectivity index (χ1n) is 7.62. The molecule has 1 nitrogen and oxygen atoms in total. The van der Waals surface area contributed by atoms with Gasteiger partial charge in [0.15, 0.2) is 0 Å². The van der Waals surface area contributed by atoms with Crippen molar-refractivity contribution in [3.8, 4) is 0 Å². The molecule has 0 aliphatic heterocycles. The molecule has 2 heteroatoms. The molecule has 0 radical (unpaired) electrons. The molecule has 0 fully saturated rings. The van der Waals surface area contributed by atoms with Crippen molar-refractivity contribution in [2.45, 2.75) is 11.3 Å². The van der Waals surface area contributed by atoms with Crippen molar-refractivity contribution in [3.63, 3.8) is 0 Å². The minimum absolute atomic E-state index is 0.0465. The second kappa shape index (κ2) is 6.95. The molecular formula is C20H20ClN. The van der Waals surface area contributed by atoms with Crippen molar-refractivity contribution in [2.24, 2.45) is 0 Å². The zero-order chi connectivity index (χ0) is 15.4. The Kier molecular flexibility index (Phi) is 4.77. The van der Waals surface area contributed by atoms with E-state index in [1.165, 1.54) is 16.3 Å². The summed E-state index contributed by atoms with van der Waals surface area (Å²) in [6, 6.07) is 25.4. The highest BCUT2D eigenvalue weighted by atomic mass is 35.5. The highest BCUT2D eigenvalue weighted by molar-refractivity contribution is 6.21. The average Bonchev–Trinajstić information content (AvgIpc) is 2.59. The number of halogens is 1. The van der Waals surface area contributed by atoms with Crippen molar-refractivity contribution >= 4 is 22.4 Å². The van der Waals surface area contributed by atoms with Crippen LogP contribution < -0.4 is 5.32 Å². The minimum atomic E-state index is -0.0465. The van der Waals surface area contributed by atoms with Crippen LogP contribution in [0.2, 0.25) is 0 Å². The number of fused-ring (bicyclic) bond motifs is 1. The van der Waals surface area contributed by atoms with E-state index >= 15 is 0 Å². The van der Waals surface area contributed by atoms with Gasteiger partial charge in [-0.2, -0.15) is 0 Å². The summed E-state index contributed by atoms with van der Waals surface area (Å²) in [5.74, 6) is 0.235. The Morgan fingerprint density at radius 3 is 2.23 bits per heavy atom. The van der Waals surface area contributed by atoms with Gasteiger partial charge in [0, 0.05) is 12.5 Å². The molecule has 22 heavy (non-hydrogen) atoms. The average molecular weight is 310 g/mol. The Bertz CT molecular complexity index is 739. The van der Waals surface area contributed by atoms with Crippen LogP contribution >= 0.6 is 11.6 Å². The van der Waals surface area contributed by atoms with Gasteiger partial charge >= 0.3 is 0 Å². The van der Waals surface area contributed by atoms with Gasteiger partial charge in [-0.1, -0.05) is 72.8 Å². The summed E-state index contributed by atoms with van der Waals surface area (Å²) in [4.78, 5) is 0. The zero-order valence-corrected chi connectivity index (χ0v) is 13.4. The van der Waals surface area contributed by atoms with Crippen molar-refractivity contribution in [3.05, 3.63) is 83.9 Å². The molecule has 0 heterocycles. The van der Waals surface area contributed by atoms with E-state index in [1.54, 1.807) is 0 Å². The fourth-order valence-corrected chi connectivity index (χ4v) is 3.30. The van der Waals surface area contributed by atoms with Gasteiger partial charge in [0.1, 0.15) is 0 Å². The van der Waals surface area contributed by atoms with Crippen LogP contribution in [0, 0.1) is 0 Å². The molecule has 0 spiro atoms. The first-order chi connectivity index (χ1) is 10.8. The largest absolute Gasteiger partial charge is 0.319 e. The van der Waals surface area contributed by atoms with E-state index in [9.17, 15) is 0 Å². The maximum atomic E-state index is 6.80. The SMILES string of the molecule is CNC[C@H](c1ccc2ccccc2c1)[C@H](Cl)c1ccccc1. The van der Waals surface area contributed by atoms with Crippen LogP contribution in [-0.4, -0.2) is 13.6 Å². The predicted octanol–water partition coefficient (Wildman–Crippen LogP) is 5.12. The van der Waals surface area contributed by atoms with Crippen molar-refractivity contribution < 1.29 is 0 Å². The van der Waals surface area contributed by atoms with Gasteiger partial charge in [-0.3, -0.25) is 0 Å². The third kappa shape index (κ3) is 3.16. The summed E-state index contributed by atoms with van der Waals surface area (Å²) >= 11 is 6.80. The summed E-state index contributed by atoms with van der Waals surface area (Å²) in [6.45, 7) is 0.849. The fourth-order valence-electron chi connectivity index (χ4n) is 2.92. The minimum Gasteiger partial charge on any atom is -0.319 e. The number of nitrogens with one attached hydrogen (secondary N) is 1. The maximum absolute atomic E-state index is 6.80. The lowest BCUT2D eigenvalue weighted by molar-refractivity contribution is 0.611. The molecule has 0 bridgehead atoms. The maximum Gasteiger partial charge on any atom is 0.0665 e. The predicted molar refractivity (Wildman–Crippen MR) is 95.7 cm³/mol. The van der Waals surface area contributed by atoms with Gasteiger partial charge in [-0.25, -0.2) is 0 Å². The van der Waals surface area contributed by atoms with E-state index in [-0.39, 0.29) is 11.3 Å². The quantitative estimate of drug-likeness (QED) is 0.645. The summed E-state index contributed by atoms with van der Waals surface area (Å²) in [7, 11) is 1.97. The molecule has 0 aliphatic carbocycles. The van der Waals surface area contributed by atoms with E-state index in [0.29, 0.717) is 0 Å². The van der Waals surface area contributed by atoms with Crippen molar-refractivity contribution in [1.29, 1.82) is 0 Å². The third-order valence-electron chi connectivity index (χ3n) is 4.10. The van der Waals surface area contributed by atoms with Gasteiger partial charge in [-0.15, -0.1) is 11.6 Å². The third-order valence-corrected chi connectivity index (χ3v) is 4.65.